The number of benzene rings is 2. The zero-order chi connectivity index (χ0) is 30.5. The van der Waals surface area contributed by atoms with Gasteiger partial charge in [0.05, 0.1) is 52.8 Å². The van der Waals surface area contributed by atoms with Crippen molar-refractivity contribution < 1.29 is 38.2 Å². The van der Waals surface area contributed by atoms with Crippen molar-refractivity contribution in [2.45, 2.75) is 19.4 Å². The Balaban J connectivity index is 1.61. The molecule has 0 atom stereocenters. The third kappa shape index (κ3) is 4.52. The van der Waals surface area contributed by atoms with Crippen molar-refractivity contribution in [3.8, 4) is 5.75 Å². The molecule has 10 nitrogen and oxygen atoms in total. The number of carbonyl (C=O) groups is 5. The van der Waals surface area contributed by atoms with Crippen LogP contribution in [0, 0.1) is 0 Å². The summed E-state index contributed by atoms with van der Waals surface area (Å²) in [5.41, 5.74) is 0.715. The molecule has 0 spiro atoms. The lowest BCUT2D eigenvalue weighted by atomic mass is 9.83. The van der Waals surface area contributed by atoms with Gasteiger partial charge in [0.1, 0.15) is 22.1 Å². The highest BCUT2D eigenvalue weighted by Gasteiger charge is 2.48. The predicted molar refractivity (Wildman–Crippen MR) is 162 cm³/mol. The van der Waals surface area contributed by atoms with Crippen molar-refractivity contribution in [1.82, 2.24) is 4.90 Å². The summed E-state index contributed by atoms with van der Waals surface area (Å²) in [4.78, 5) is 68.1. The average Bonchev–Trinajstić information content (AvgIpc) is 3.52. The van der Waals surface area contributed by atoms with E-state index in [1.165, 1.54) is 26.2 Å². The molecular formula is C29H24N2O8S3. The van der Waals surface area contributed by atoms with Crippen molar-refractivity contribution in [3.63, 3.8) is 0 Å². The van der Waals surface area contributed by atoms with E-state index >= 15 is 0 Å². The van der Waals surface area contributed by atoms with E-state index in [1.807, 2.05) is 0 Å². The summed E-state index contributed by atoms with van der Waals surface area (Å²) in [7, 11) is 3.89. The van der Waals surface area contributed by atoms with E-state index in [0.29, 0.717) is 31.7 Å². The van der Waals surface area contributed by atoms with Crippen molar-refractivity contribution in [1.29, 1.82) is 0 Å². The molecule has 0 radical (unpaired) electrons. The summed E-state index contributed by atoms with van der Waals surface area (Å²) in [5.74, 6) is -2.72. The van der Waals surface area contributed by atoms with E-state index < -0.39 is 41.7 Å². The van der Waals surface area contributed by atoms with Crippen molar-refractivity contribution in [2.75, 3.05) is 32.8 Å². The van der Waals surface area contributed by atoms with Crippen molar-refractivity contribution in [3.05, 3.63) is 73.2 Å². The van der Waals surface area contributed by atoms with Crippen LogP contribution in [0.3, 0.4) is 0 Å². The molecule has 0 fully saturated rings. The first-order chi connectivity index (χ1) is 20.0. The first-order valence-electron chi connectivity index (χ1n) is 12.5. The number of carbonyl (C=O) groups excluding carboxylic acids is 5. The summed E-state index contributed by atoms with van der Waals surface area (Å²) < 4.78 is 16.0. The highest BCUT2D eigenvalue weighted by Crippen LogP contribution is 2.57. The molecule has 0 saturated carbocycles. The Morgan fingerprint density at radius 1 is 0.833 bits per heavy atom. The lowest BCUT2D eigenvalue weighted by Crippen LogP contribution is -2.58. The quantitative estimate of drug-likeness (QED) is 0.206. The van der Waals surface area contributed by atoms with Crippen LogP contribution in [0.5, 0.6) is 5.75 Å². The van der Waals surface area contributed by atoms with Crippen molar-refractivity contribution in [2.24, 2.45) is 0 Å². The molecule has 42 heavy (non-hydrogen) atoms. The Morgan fingerprint density at radius 2 is 1.36 bits per heavy atom. The molecule has 3 aliphatic rings. The summed E-state index contributed by atoms with van der Waals surface area (Å²) in [6, 6.07) is 11.6. The molecule has 2 aromatic rings. The van der Waals surface area contributed by atoms with E-state index in [-0.39, 0.29) is 20.9 Å². The third-order valence-corrected chi connectivity index (χ3v) is 10.3. The van der Waals surface area contributed by atoms with E-state index in [9.17, 15) is 24.0 Å². The number of ether oxygens (including phenoxy) is 3. The van der Waals surface area contributed by atoms with Crippen LogP contribution >= 0.6 is 35.7 Å². The second-order valence-corrected chi connectivity index (χ2v) is 12.4. The summed E-state index contributed by atoms with van der Waals surface area (Å²) >= 11 is 8.05. The number of amides is 3. The third-order valence-electron chi connectivity index (χ3n) is 7.02. The van der Waals surface area contributed by atoms with Crippen LogP contribution in [-0.4, -0.2) is 72.8 Å². The smallest absolute Gasteiger partial charge is 0.346 e. The molecule has 0 saturated heterocycles. The number of anilines is 1. The fourth-order valence-electron chi connectivity index (χ4n) is 5.01. The number of hydrogen-bond donors (Lipinski definition) is 0. The molecule has 0 aliphatic carbocycles. The molecule has 13 heteroatoms. The van der Waals surface area contributed by atoms with E-state index in [2.05, 4.69) is 0 Å². The predicted octanol–water partition coefficient (Wildman–Crippen LogP) is 4.19. The Kier molecular flexibility index (Phi) is 7.77. The van der Waals surface area contributed by atoms with Gasteiger partial charge in [0.15, 0.2) is 0 Å². The number of rotatable bonds is 5. The summed E-state index contributed by atoms with van der Waals surface area (Å²) in [6.07, 6.45) is 0. The topological polar surface area (TPSA) is 120 Å². The number of thioether (sulfide) groups is 2. The normalized spacial score (nSPS) is 17.4. The Hall–Kier alpha value is -3.94. The number of para-hydroxylation sites is 1. The average molecular weight is 625 g/mol. The van der Waals surface area contributed by atoms with Crippen LogP contribution in [0.25, 0.3) is 5.57 Å². The van der Waals surface area contributed by atoms with E-state index in [1.54, 1.807) is 56.3 Å². The molecular weight excluding hydrogens is 601 g/mol. The van der Waals surface area contributed by atoms with Crippen LogP contribution in [-0.2, 0) is 23.9 Å². The number of esters is 2. The summed E-state index contributed by atoms with van der Waals surface area (Å²) in [5, 5.41) is 0. The van der Waals surface area contributed by atoms with Crippen LogP contribution in [0.1, 0.15) is 40.1 Å². The largest absolute Gasteiger partial charge is 0.495 e. The Bertz CT molecular complexity index is 1610. The monoisotopic (exact) mass is 624 g/mol. The van der Waals surface area contributed by atoms with Gasteiger partial charge in [0, 0.05) is 11.1 Å². The minimum absolute atomic E-state index is 0.0611. The zero-order valence-corrected chi connectivity index (χ0v) is 25.6. The van der Waals surface area contributed by atoms with Crippen molar-refractivity contribution >= 4 is 81.5 Å². The number of imide groups is 1. The fraction of sp³-hybridized carbons (Fsp3) is 0.241. The van der Waals surface area contributed by atoms with Gasteiger partial charge in [-0.15, -0.1) is 0 Å². The maximum atomic E-state index is 14.1. The van der Waals surface area contributed by atoms with Crippen LogP contribution in [0.2, 0.25) is 0 Å². The van der Waals surface area contributed by atoms with Gasteiger partial charge in [-0.25, -0.2) is 9.59 Å². The van der Waals surface area contributed by atoms with Gasteiger partial charge in [0.2, 0.25) is 5.91 Å². The standard InChI is InChI=1S/C29H24N2O8S3/c1-29(2)23(40)19(28-41-21(26(35)38-4)22(42-28)27(36)39-5)16-11-8-12-17(37-3)20(16)31(29)18(32)13-30-24(33)14-9-6-7-10-15(14)25(30)34/h6-12H,13H2,1-5H3. The molecule has 0 N–H and O–H groups in total. The Morgan fingerprint density at radius 3 is 1.86 bits per heavy atom. The highest BCUT2D eigenvalue weighted by atomic mass is 32.2. The number of nitrogens with zero attached hydrogens (tertiary/aromatic N) is 2. The van der Waals surface area contributed by atoms with Crippen LogP contribution < -0.4 is 9.64 Å². The minimum Gasteiger partial charge on any atom is -0.495 e. The number of hydrogen-bond acceptors (Lipinski definition) is 11. The molecule has 0 bridgehead atoms. The van der Waals surface area contributed by atoms with Gasteiger partial charge in [-0.1, -0.05) is 60.0 Å². The number of thiocarbonyl (C=S) groups is 1. The van der Waals surface area contributed by atoms with Gasteiger partial charge in [-0.2, -0.15) is 0 Å². The fourth-order valence-corrected chi connectivity index (χ4v) is 8.05. The minimum atomic E-state index is -1.17. The molecule has 3 heterocycles. The van der Waals surface area contributed by atoms with Gasteiger partial charge < -0.3 is 14.2 Å². The lowest BCUT2D eigenvalue weighted by molar-refractivity contribution is -0.138. The molecule has 216 valence electrons. The molecule has 3 aliphatic heterocycles. The summed E-state index contributed by atoms with van der Waals surface area (Å²) in [6.45, 7) is 2.96. The Labute approximate surface area is 255 Å². The van der Waals surface area contributed by atoms with Gasteiger partial charge >= 0.3 is 11.9 Å². The molecule has 0 unspecified atom stereocenters. The number of fused-ring (bicyclic) bond motifs is 2. The number of methoxy groups -OCH3 is 3. The first-order valence-corrected chi connectivity index (χ1v) is 14.5. The van der Waals surface area contributed by atoms with Crippen LogP contribution in [0.15, 0.2) is 56.5 Å². The SMILES string of the molecule is COC(=O)C1=C(C(=O)OC)SC(=C2C(=S)C(C)(C)N(C(=O)CN3C(=O)c4ccccc4C3=O)c3c(OC)cccc32)S1. The first kappa shape index (κ1) is 29.5. The van der Waals surface area contributed by atoms with E-state index in [0.717, 1.165) is 28.4 Å². The lowest BCUT2D eigenvalue weighted by Gasteiger charge is -2.46. The van der Waals surface area contributed by atoms with Gasteiger partial charge in [-0.3, -0.25) is 24.2 Å². The van der Waals surface area contributed by atoms with Crippen LogP contribution in [0.4, 0.5) is 5.69 Å². The maximum Gasteiger partial charge on any atom is 0.346 e. The molecule has 0 aromatic heterocycles. The second kappa shape index (κ2) is 11.0. The maximum absolute atomic E-state index is 14.1. The molecule has 3 amide bonds. The van der Waals surface area contributed by atoms with Gasteiger partial charge in [-0.05, 0) is 32.0 Å². The molecule has 2 aromatic carbocycles. The second-order valence-electron chi connectivity index (χ2n) is 9.72. The van der Waals surface area contributed by atoms with E-state index in [4.69, 9.17) is 26.4 Å². The molecule has 5 rings (SSSR count). The van der Waals surface area contributed by atoms with Gasteiger partial charge in [0.25, 0.3) is 11.8 Å². The zero-order valence-electron chi connectivity index (χ0n) is 23.1. The highest BCUT2D eigenvalue weighted by molar-refractivity contribution is 8.29.